The third kappa shape index (κ3) is 3.37. The van der Waals surface area contributed by atoms with E-state index in [-0.39, 0.29) is 5.91 Å². The third-order valence-electron chi connectivity index (χ3n) is 2.90. The highest BCUT2D eigenvalue weighted by Gasteiger charge is 2.09. The molecule has 19 heavy (non-hydrogen) atoms. The summed E-state index contributed by atoms with van der Waals surface area (Å²) >= 11 is 0. The number of aromatic nitrogens is 2. The number of aryl methyl sites for hydroxylation is 3. The molecule has 0 aliphatic heterocycles. The molecule has 1 aromatic heterocycles. The molecule has 2 rings (SSSR count). The molecule has 4 nitrogen and oxygen atoms in total. The second-order valence-corrected chi connectivity index (χ2v) is 4.55. The van der Waals surface area contributed by atoms with Gasteiger partial charge in [0.1, 0.15) is 11.5 Å². The monoisotopic (exact) mass is 255 g/mol. The van der Waals surface area contributed by atoms with E-state index < -0.39 is 0 Å². The molecule has 1 N–H and O–H groups in total. The molecule has 0 fully saturated rings. The highest BCUT2D eigenvalue weighted by molar-refractivity contribution is 5.92. The van der Waals surface area contributed by atoms with Gasteiger partial charge >= 0.3 is 0 Å². The van der Waals surface area contributed by atoms with Gasteiger partial charge in [-0.1, -0.05) is 24.3 Å². The van der Waals surface area contributed by atoms with Crippen LogP contribution in [-0.4, -0.2) is 15.9 Å². The lowest BCUT2D eigenvalue weighted by molar-refractivity contribution is 0.0945. The standard InChI is InChI=1S/C15H17N3O/c1-10-6-4-5-7-13(10)9-16-15(19)14-8-11(2)17-12(3)18-14/h4-8H,9H2,1-3H3,(H,16,19). The number of nitrogens with zero attached hydrogens (tertiary/aromatic N) is 2. The van der Waals surface area contributed by atoms with Crippen LogP contribution in [0.25, 0.3) is 0 Å². The average Bonchev–Trinajstić information content (AvgIpc) is 2.36. The van der Waals surface area contributed by atoms with Gasteiger partial charge in [-0.2, -0.15) is 0 Å². The van der Waals surface area contributed by atoms with Crippen molar-refractivity contribution in [2.75, 3.05) is 0 Å². The number of carbonyl (C=O) groups excluding carboxylic acids is 1. The largest absolute Gasteiger partial charge is 0.347 e. The van der Waals surface area contributed by atoms with Gasteiger partial charge in [0, 0.05) is 12.2 Å². The van der Waals surface area contributed by atoms with Crippen molar-refractivity contribution in [2.45, 2.75) is 27.3 Å². The third-order valence-corrected chi connectivity index (χ3v) is 2.90. The number of benzene rings is 1. The Bertz CT molecular complexity index is 588. The fraction of sp³-hybridized carbons (Fsp3) is 0.267. The molecule has 0 saturated heterocycles. The second kappa shape index (κ2) is 5.61. The van der Waals surface area contributed by atoms with Gasteiger partial charge in [0.25, 0.3) is 5.91 Å². The summed E-state index contributed by atoms with van der Waals surface area (Å²) in [6, 6.07) is 9.68. The Morgan fingerprint density at radius 3 is 2.58 bits per heavy atom. The molecule has 0 radical (unpaired) electrons. The quantitative estimate of drug-likeness (QED) is 0.915. The molecule has 98 valence electrons. The van der Waals surface area contributed by atoms with Crippen LogP contribution in [0.15, 0.2) is 30.3 Å². The van der Waals surface area contributed by atoms with Crippen LogP contribution in [0.1, 0.15) is 33.1 Å². The summed E-state index contributed by atoms with van der Waals surface area (Å²) in [5, 5.41) is 2.88. The van der Waals surface area contributed by atoms with Gasteiger partial charge < -0.3 is 5.32 Å². The second-order valence-electron chi connectivity index (χ2n) is 4.55. The van der Waals surface area contributed by atoms with E-state index in [0.717, 1.165) is 16.8 Å². The molecule has 1 aromatic carbocycles. The van der Waals surface area contributed by atoms with Crippen LogP contribution in [0.5, 0.6) is 0 Å². The number of hydrogen-bond acceptors (Lipinski definition) is 3. The lowest BCUT2D eigenvalue weighted by Crippen LogP contribution is -2.24. The minimum absolute atomic E-state index is 0.170. The van der Waals surface area contributed by atoms with Gasteiger partial charge in [0.2, 0.25) is 0 Å². The molecule has 0 bridgehead atoms. The zero-order valence-electron chi connectivity index (χ0n) is 11.4. The number of hydrogen-bond donors (Lipinski definition) is 1. The fourth-order valence-corrected chi connectivity index (χ4v) is 1.91. The van der Waals surface area contributed by atoms with Crippen molar-refractivity contribution in [3.63, 3.8) is 0 Å². The minimum Gasteiger partial charge on any atom is -0.347 e. The molecular formula is C15H17N3O. The number of carbonyl (C=O) groups is 1. The van der Waals surface area contributed by atoms with Gasteiger partial charge in [-0.25, -0.2) is 9.97 Å². The Balaban J connectivity index is 2.08. The first kappa shape index (κ1) is 13.2. The summed E-state index contributed by atoms with van der Waals surface area (Å²) in [4.78, 5) is 20.3. The van der Waals surface area contributed by atoms with Crippen molar-refractivity contribution >= 4 is 5.91 Å². The van der Waals surface area contributed by atoms with Crippen molar-refractivity contribution in [1.29, 1.82) is 0 Å². The van der Waals surface area contributed by atoms with Crippen LogP contribution < -0.4 is 5.32 Å². The number of amides is 1. The first-order chi connectivity index (χ1) is 9.06. The predicted molar refractivity (Wildman–Crippen MR) is 73.9 cm³/mol. The van der Waals surface area contributed by atoms with E-state index in [0.29, 0.717) is 18.1 Å². The SMILES string of the molecule is Cc1cc(C(=O)NCc2ccccc2C)nc(C)n1. The Morgan fingerprint density at radius 2 is 1.89 bits per heavy atom. The zero-order chi connectivity index (χ0) is 13.8. The topological polar surface area (TPSA) is 54.9 Å². The molecule has 4 heteroatoms. The molecule has 0 atom stereocenters. The Labute approximate surface area is 112 Å². The van der Waals surface area contributed by atoms with E-state index in [1.165, 1.54) is 0 Å². The normalized spacial score (nSPS) is 10.3. The van der Waals surface area contributed by atoms with E-state index in [9.17, 15) is 4.79 Å². The van der Waals surface area contributed by atoms with Crippen LogP contribution in [-0.2, 0) is 6.54 Å². The van der Waals surface area contributed by atoms with E-state index >= 15 is 0 Å². The Kier molecular flexibility index (Phi) is 3.90. The number of rotatable bonds is 3. The molecule has 2 aromatic rings. The van der Waals surface area contributed by atoms with Crippen LogP contribution in [0, 0.1) is 20.8 Å². The summed E-state index contributed by atoms with van der Waals surface area (Å²) in [7, 11) is 0. The molecule has 1 amide bonds. The van der Waals surface area contributed by atoms with Crippen molar-refractivity contribution in [3.8, 4) is 0 Å². The van der Waals surface area contributed by atoms with Crippen LogP contribution >= 0.6 is 0 Å². The smallest absolute Gasteiger partial charge is 0.270 e. The first-order valence-corrected chi connectivity index (χ1v) is 6.21. The molecule has 0 saturated carbocycles. The fourth-order valence-electron chi connectivity index (χ4n) is 1.91. The highest BCUT2D eigenvalue weighted by Crippen LogP contribution is 2.07. The lowest BCUT2D eigenvalue weighted by atomic mass is 10.1. The highest BCUT2D eigenvalue weighted by atomic mass is 16.1. The summed E-state index contributed by atoms with van der Waals surface area (Å²) < 4.78 is 0. The Hall–Kier alpha value is -2.23. The van der Waals surface area contributed by atoms with Gasteiger partial charge in [0.05, 0.1) is 0 Å². The molecule has 0 spiro atoms. The van der Waals surface area contributed by atoms with E-state index in [1.807, 2.05) is 38.1 Å². The van der Waals surface area contributed by atoms with Crippen LogP contribution in [0.4, 0.5) is 0 Å². The maximum absolute atomic E-state index is 12.0. The average molecular weight is 255 g/mol. The van der Waals surface area contributed by atoms with Crippen molar-refractivity contribution in [2.24, 2.45) is 0 Å². The van der Waals surface area contributed by atoms with Crippen molar-refractivity contribution in [1.82, 2.24) is 15.3 Å². The maximum atomic E-state index is 12.0. The van der Waals surface area contributed by atoms with Gasteiger partial charge in [0.15, 0.2) is 0 Å². The Morgan fingerprint density at radius 1 is 1.16 bits per heavy atom. The van der Waals surface area contributed by atoms with Crippen LogP contribution in [0.2, 0.25) is 0 Å². The van der Waals surface area contributed by atoms with Gasteiger partial charge in [-0.05, 0) is 38.0 Å². The molecule has 0 aliphatic rings. The van der Waals surface area contributed by atoms with E-state index in [4.69, 9.17) is 0 Å². The van der Waals surface area contributed by atoms with Crippen LogP contribution in [0.3, 0.4) is 0 Å². The summed E-state index contributed by atoms with van der Waals surface area (Å²) in [5.74, 6) is 0.442. The molecule has 0 unspecified atom stereocenters. The zero-order valence-corrected chi connectivity index (χ0v) is 11.4. The molecule has 0 aliphatic carbocycles. The number of nitrogens with one attached hydrogen (secondary N) is 1. The van der Waals surface area contributed by atoms with Gasteiger partial charge in [-0.15, -0.1) is 0 Å². The summed E-state index contributed by atoms with van der Waals surface area (Å²) in [6.45, 7) is 6.17. The maximum Gasteiger partial charge on any atom is 0.270 e. The summed E-state index contributed by atoms with van der Waals surface area (Å²) in [5.41, 5.74) is 3.49. The predicted octanol–water partition coefficient (Wildman–Crippen LogP) is 2.33. The summed E-state index contributed by atoms with van der Waals surface area (Å²) in [6.07, 6.45) is 0. The lowest BCUT2D eigenvalue weighted by Gasteiger charge is -2.08. The van der Waals surface area contributed by atoms with E-state index in [1.54, 1.807) is 13.0 Å². The van der Waals surface area contributed by atoms with Crippen molar-refractivity contribution < 1.29 is 4.79 Å². The van der Waals surface area contributed by atoms with Crippen molar-refractivity contribution in [3.05, 3.63) is 58.7 Å². The molecule has 1 heterocycles. The van der Waals surface area contributed by atoms with E-state index in [2.05, 4.69) is 15.3 Å². The minimum atomic E-state index is -0.170. The first-order valence-electron chi connectivity index (χ1n) is 6.21. The molecular weight excluding hydrogens is 238 g/mol. The van der Waals surface area contributed by atoms with Gasteiger partial charge in [-0.3, -0.25) is 4.79 Å².